The molecule has 0 atom stereocenters. The lowest BCUT2D eigenvalue weighted by molar-refractivity contribution is 0.331. The third kappa shape index (κ3) is 5.65. The van der Waals surface area contributed by atoms with Crippen LogP contribution < -0.4 is 14.5 Å². The molecule has 3 heterocycles. The largest absolute Gasteiger partial charge is 0.492 e. The zero-order valence-corrected chi connectivity index (χ0v) is 18.9. The molecule has 0 N–H and O–H groups in total. The van der Waals surface area contributed by atoms with Crippen molar-refractivity contribution >= 4 is 21.7 Å². The Balaban J connectivity index is 1.33. The number of para-hydroxylation sites is 1. The first-order valence-electron chi connectivity index (χ1n) is 11.0. The third-order valence-electron chi connectivity index (χ3n) is 5.80. The Morgan fingerprint density at radius 1 is 0.871 bits per heavy atom. The lowest BCUT2D eigenvalue weighted by atomic mass is 10.1. The van der Waals surface area contributed by atoms with E-state index in [0.29, 0.717) is 31.9 Å². The van der Waals surface area contributed by atoms with Crippen molar-refractivity contribution in [2.24, 2.45) is 0 Å². The van der Waals surface area contributed by atoms with Gasteiger partial charge in [0.25, 0.3) is 0 Å². The second-order valence-electron chi connectivity index (χ2n) is 8.04. The number of piperidine rings is 1. The van der Waals surface area contributed by atoms with Crippen molar-refractivity contribution in [1.82, 2.24) is 14.3 Å². The van der Waals surface area contributed by atoms with Crippen molar-refractivity contribution in [3.63, 3.8) is 0 Å². The number of hydrogen-bond donors (Lipinski definition) is 0. The summed E-state index contributed by atoms with van der Waals surface area (Å²) in [6.45, 7) is 6.29. The summed E-state index contributed by atoms with van der Waals surface area (Å²) in [7, 11) is -3.35. The number of rotatable bonds is 7. The van der Waals surface area contributed by atoms with Gasteiger partial charge < -0.3 is 14.5 Å². The topological polar surface area (TPSA) is 78.9 Å². The lowest BCUT2D eigenvalue weighted by Crippen LogP contribution is -2.50. The highest BCUT2D eigenvalue weighted by atomic mass is 32.2. The van der Waals surface area contributed by atoms with Crippen molar-refractivity contribution in [1.29, 1.82) is 0 Å². The molecule has 2 aromatic rings. The van der Waals surface area contributed by atoms with E-state index in [9.17, 15) is 8.42 Å². The number of anilines is 2. The fraction of sp³-hybridized carbons (Fsp3) is 0.545. The molecule has 1 aromatic heterocycles. The maximum Gasteiger partial charge on any atom is 0.217 e. The Labute approximate surface area is 184 Å². The molecular weight excluding hydrogens is 414 g/mol. The monoisotopic (exact) mass is 445 g/mol. The molecule has 0 aliphatic carbocycles. The zero-order chi connectivity index (χ0) is 21.7. The maximum atomic E-state index is 12.7. The summed E-state index contributed by atoms with van der Waals surface area (Å²) in [6, 6.07) is 11.3. The molecule has 0 spiro atoms. The molecule has 0 bridgehead atoms. The van der Waals surface area contributed by atoms with Crippen LogP contribution in [0.25, 0.3) is 0 Å². The maximum absolute atomic E-state index is 12.7. The van der Waals surface area contributed by atoms with E-state index in [2.05, 4.69) is 25.8 Å². The highest BCUT2D eigenvalue weighted by molar-refractivity contribution is 7.89. The normalized spacial score (nSPS) is 18.2. The van der Waals surface area contributed by atoms with Gasteiger partial charge in [-0.25, -0.2) is 18.4 Å². The SMILES string of the molecule is Cc1nc(N2CCCCC2)cc(N2CCN(S(=O)(=O)CCOc3ccccc3)CC2)n1. The number of nitrogens with zero attached hydrogens (tertiary/aromatic N) is 5. The average molecular weight is 446 g/mol. The average Bonchev–Trinajstić information content (AvgIpc) is 2.80. The van der Waals surface area contributed by atoms with Crippen LogP contribution in [0.1, 0.15) is 25.1 Å². The van der Waals surface area contributed by atoms with Gasteiger partial charge in [0.05, 0.1) is 5.75 Å². The molecule has 31 heavy (non-hydrogen) atoms. The standard InChI is InChI=1S/C22H31N5O3S/c1-19-23-21(25-10-6-3-7-11-25)18-22(24-19)26-12-14-27(15-13-26)31(28,29)17-16-30-20-8-4-2-5-9-20/h2,4-5,8-9,18H,3,6-7,10-17H2,1H3. The number of aryl methyl sites for hydroxylation is 1. The van der Waals surface area contributed by atoms with Crippen molar-refractivity contribution in [3.05, 3.63) is 42.2 Å². The number of aromatic nitrogens is 2. The van der Waals surface area contributed by atoms with Crippen LogP contribution in [0.2, 0.25) is 0 Å². The van der Waals surface area contributed by atoms with Crippen LogP contribution in [-0.2, 0) is 10.0 Å². The zero-order valence-electron chi connectivity index (χ0n) is 18.1. The van der Waals surface area contributed by atoms with Crippen LogP contribution in [0.5, 0.6) is 5.75 Å². The second-order valence-corrected chi connectivity index (χ2v) is 10.1. The van der Waals surface area contributed by atoms with E-state index in [1.165, 1.54) is 19.3 Å². The predicted molar refractivity (Wildman–Crippen MR) is 122 cm³/mol. The molecule has 1 aromatic carbocycles. The molecule has 2 fully saturated rings. The molecule has 9 heteroatoms. The van der Waals surface area contributed by atoms with Crippen LogP contribution in [-0.4, -0.2) is 74.3 Å². The Morgan fingerprint density at radius 3 is 2.13 bits per heavy atom. The minimum atomic E-state index is -3.35. The molecule has 168 valence electrons. The number of sulfonamides is 1. The van der Waals surface area contributed by atoms with Crippen molar-refractivity contribution < 1.29 is 13.2 Å². The molecule has 2 aliphatic rings. The first kappa shape index (κ1) is 21.8. The van der Waals surface area contributed by atoms with E-state index in [4.69, 9.17) is 4.74 Å². The fourth-order valence-electron chi connectivity index (χ4n) is 4.09. The Kier molecular flexibility index (Phi) is 6.92. The summed E-state index contributed by atoms with van der Waals surface area (Å²) >= 11 is 0. The predicted octanol–water partition coefficient (Wildman–Crippen LogP) is 2.31. The van der Waals surface area contributed by atoms with Gasteiger partial charge in [-0.2, -0.15) is 4.31 Å². The number of ether oxygens (including phenoxy) is 1. The van der Waals surface area contributed by atoms with E-state index in [1.807, 2.05) is 37.3 Å². The number of hydrogen-bond acceptors (Lipinski definition) is 7. The van der Waals surface area contributed by atoms with E-state index in [0.717, 1.165) is 30.5 Å². The molecule has 4 rings (SSSR count). The molecule has 0 unspecified atom stereocenters. The van der Waals surface area contributed by atoms with Crippen LogP contribution >= 0.6 is 0 Å². The second kappa shape index (κ2) is 9.82. The van der Waals surface area contributed by atoms with Crippen molar-refractivity contribution in [2.45, 2.75) is 26.2 Å². The smallest absolute Gasteiger partial charge is 0.217 e. The molecule has 0 radical (unpaired) electrons. The molecule has 0 saturated carbocycles. The summed E-state index contributed by atoms with van der Waals surface area (Å²) in [5.74, 6) is 3.29. The highest BCUT2D eigenvalue weighted by Crippen LogP contribution is 2.23. The third-order valence-corrected chi connectivity index (χ3v) is 7.63. The molecule has 8 nitrogen and oxygen atoms in total. The van der Waals surface area contributed by atoms with Gasteiger partial charge in [-0.3, -0.25) is 0 Å². The summed E-state index contributed by atoms with van der Waals surface area (Å²) in [4.78, 5) is 13.7. The molecule has 2 aliphatic heterocycles. The van der Waals surface area contributed by atoms with Crippen LogP contribution in [0, 0.1) is 6.92 Å². The van der Waals surface area contributed by atoms with Crippen LogP contribution in [0.3, 0.4) is 0 Å². The van der Waals surface area contributed by atoms with Gasteiger partial charge in [-0.15, -0.1) is 0 Å². The van der Waals surface area contributed by atoms with E-state index in [-0.39, 0.29) is 12.4 Å². The highest BCUT2D eigenvalue weighted by Gasteiger charge is 2.28. The molecule has 2 saturated heterocycles. The summed E-state index contributed by atoms with van der Waals surface area (Å²) in [5, 5.41) is 0. The number of benzene rings is 1. The first-order valence-corrected chi connectivity index (χ1v) is 12.6. The molecule has 0 amide bonds. The van der Waals surface area contributed by atoms with Gasteiger partial charge in [0, 0.05) is 45.3 Å². The van der Waals surface area contributed by atoms with Crippen LogP contribution in [0.4, 0.5) is 11.6 Å². The summed E-state index contributed by atoms with van der Waals surface area (Å²) in [5.41, 5.74) is 0. The Morgan fingerprint density at radius 2 is 1.48 bits per heavy atom. The lowest BCUT2D eigenvalue weighted by Gasteiger charge is -2.35. The van der Waals surface area contributed by atoms with Gasteiger partial charge >= 0.3 is 0 Å². The van der Waals surface area contributed by atoms with Gasteiger partial charge in [-0.1, -0.05) is 18.2 Å². The van der Waals surface area contributed by atoms with Crippen LogP contribution in [0.15, 0.2) is 36.4 Å². The van der Waals surface area contributed by atoms with E-state index < -0.39 is 10.0 Å². The van der Waals surface area contributed by atoms with Gasteiger partial charge in [0.1, 0.15) is 29.8 Å². The minimum Gasteiger partial charge on any atom is -0.492 e. The van der Waals surface area contributed by atoms with E-state index >= 15 is 0 Å². The van der Waals surface area contributed by atoms with E-state index in [1.54, 1.807) is 4.31 Å². The first-order chi connectivity index (χ1) is 15.0. The Hall–Kier alpha value is -2.39. The van der Waals surface area contributed by atoms with Gasteiger partial charge in [0.15, 0.2) is 0 Å². The molecular formula is C22H31N5O3S. The minimum absolute atomic E-state index is 0.0202. The van der Waals surface area contributed by atoms with Crippen molar-refractivity contribution in [3.8, 4) is 5.75 Å². The summed E-state index contributed by atoms with van der Waals surface area (Å²) in [6.07, 6.45) is 3.67. The summed E-state index contributed by atoms with van der Waals surface area (Å²) < 4.78 is 32.6. The van der Waals surface area contributed by atoms with Gasteiger partial charge in [-0.05, 0) is 38.3 Å². The Bertz CT molecular complexity index is 956. The van der Waals surface area contributed by atoms with Crippen molar-refractivity contribution in [2.75, 3.05) is 61.4 Å². The van der Waals surface area contributed by atoms with Gasteiger partial charge in [0.2, 0.25) is 10.0 Å². The fourth-order valence-corrected chi connectivity index (χ4v) is 5.36. The number of piperazine rings is 1. The quantitative estimate of drug-likeness (QED) is 0.647.